The summed E-state index contributed by atoms with van der Waals surface area (Å²) in [5.74, 6) is 0.0621. The summed E-state index contributed by atoms with van der Waals surface area (Å²) in [4.78, 5) is 14.2. The summed E-state index contributed by atoms with van der Waals surface area (Å²) in [6, 6.07) is 10.7. The highest BCUT2D eigenvalue weighted by Gasteiger charge is 2.16. The van der Waals surface area contributed by atoms with Crippen LogP contribution in [0.25, 0.3) is 10.8 Å². The summed E-state index contributed by atoms with van der Waals surface area (Å²) < 4.78 is 1.75. The highest BCUT2D eigenvalue weighted by molar-refractivity contribution is 6.00. The highest BCUT2D eigenvalue weighted by Crippen LogP contribution is 2.34. The Morgan fingerprint density at radius 1 is 1.24 bits per heavy atom. The van der Waals surface area contributed by atoms with E-state index in [1.165, 1.54) is 21.9 Å². The van der Waals surface area contributed by atoms with E-state index in [0.717, 1.165) is 24.1 Å². The number of carbonyl (C=O) groups excluding carboxylic acids is 1. The number of benzene rings is 2. The summed E-state index contributed by atoms with van der Waals surface area (Å²) in [6.45, 7) is 0.855. The number of nitrogens with one attached hydrogen (secondary N) is 1. The van der Waals surface area contributed by atoms with Gasteiger partial charge in [-0.2, -0.15) is 5.10 Å². The van der Waals surface area contributed by atoms with Gasteiger partial charge in [0.05, 0.1) is 12.7 Å². The molecule has 5 heteroatoms. The zero-order chi connectivity index (χ0) is 17.4. The fourth-order valence-corrected chi connectivity index (χ4v) is 3.62. The maximum Gasteiger partial charge on any atom is 0.241 e. The van der Waals surface area contributed by atoms with Crippen molar-refractivity contribution in [1.82, 2.24) is 14.7 Å². The number of carbonyl (C=O) groups is 1. The second-order valence-corrected chi connectivity index (χ2v) is 6.74. The molecule has 1 aliphatic rings. The fourth-order valence-electron chi connectivity index (χ4n) is 3.62. The average Bonchev–Trinajstić information content (AvgIpc) is 3.21. The van der Waals surface area contributed by atoms with Gasteiger partial charge in [0, 0.05) is 43.5 Å². The molecule has 0 unspecified atom stereocenters. The third-order valence-electron chi connectivity index (χ3n) is 4.91. The molecule has 2 aromatic carbocycles. The van der Waals surface area contributed by atoms with Gasteiger partial charge in [-0.25, -0.2) is 0 Å². The molecule has 1 heterocycles. The van der Waals surface area contributed by atoms with E-state index in [-0.39, 0.29) is 12.5 Å². The van der Waals surface area contributed by atoms with Crippen molar-refractivity contribution in [2.75, 3.05) is 18.9 Å². The quantitative estimate of drug-likeness (QED) is 0.780. The third-order valence-corrected chi connectivity index (χ3v) is 4.91. The Kier molecular flexibility index (Phi) is 3.92. The van der Waals surface area contributed by atoms with Gasteiger partial charge in [0.2, 0.25) is 5.91 Å². The van der Waals surface area contributed by atoms with Crippen LogP contribution in [0.1, 0.15) is 16.7 Å². The lowest BCUT2D eigenvalue weighted by Gasteiger charge is -2.18. The van der Waals surface area contributed by atoms with Crippen molar-refractivity contribution in [3.8, 4) is 0 Å². The van der Waals surface area contributed by atoms with Crippen LogP contribution in [0.4, 0.5) is 5.69 Å². The van der Waals surface area contributed by atoms with E-state index in [1.807, 2.05) is 20.3 Å². The second-order valence-electron chi connectivity index (χ2n) is 6.74. The van der Waals surface area contributed by atoms with E-state index in [1.54, 1.807) is 15.8 Å². The summed E-state index contributed by atoms with van der Waals surface area (Å²) in [5.41, 5.74) is 4.89. The largest absolute Gasteiger partial charge is 0.376 e. The predicted molar refractivity (Wildman–Crippen MR) is 99.5 cm³/mol. The number of aromatic nitrogens is 2. The molecule has 1 aliphatic carbocycles. The first-order chi connectivity index (χ1) is 12.1. The topological polar surface area (TPSA) is 50.2 Å². The van der Waals surface area contributed by atoms with Gasteiger partial charge in [0.1, 0.15) is 0 Å². The van der Waals surface area contributed by atoms with Gasteiger partial charge in [-0.1, -0.05) is 24.3 Å². The van der Waals surface area contributed by atoms with Gasteiger partial charge in [-0.3, -0.25) is 9.48 Å². The average molecular weight is 334 g/mol. The zero-order valence-corrected chi connectivity index (χ0v) is 14.6. The number of aryl methyl sites for hydroxylation is 3. The molecule has 0 radical (unpaired) electrons. The first-order valence-corrected chi connectivity index (χ1v) is 8.60. The summed E-state index contributed by atoms with van der Waals surface area (Å²) >= 11 is 0. The Hall–Kier alpha value is -2.82. The Morgan fingerprint density at radius 3 is 2.80 bits per heavy atom. The molecule has 1 amide bonds. The van der Waals surface area contributed by atoms with Crippen LogP contribution in [0.5, 0.6) is 0 Å². The Bertz CT molecular complexity index is 934. The molecule has 1 N–H and O–H groups in total. The smallest absolute Gasteiger partial charge is 0.241 e. The molecule has 0 fully saturated rings. The van der Waals surface area contributed by atoms with Crippen molar-refractivity contribution >= 4 is 22.4 Å². The molecule has 0 bridgehead atoms. The lowest BCUT2D eigenvalue weighted by Crippen LogP contribution is -2.31. The van der Waals surface area contributed by atoms with Crippen LogP contribution >= 0.6 is 0 Å². The summed E-state index contributed by atoms with van der Waals surface area (Å²) in [6.07, 6.45) is 5.95. The zero-order valence-electron chi connectivity index (χ0n) is 14.6. The SMILES string of the molecule is CN(Cc1cnn(C)c1)C(=O)CNc1ccc2c3c(cccc13)CC2. The van der Waals surface area contributed by atoms with Crippen LogP contribution in [0.3, 0.4) is 0 Å². The van der Waals surface area contributed by atoms with E-state index in [9.17, 15) is 4.79 Å². The molecular weight excluding hydrogens is 312 g/mol. The van der Waals surface area contributed by atoms with E-state index >= 15 is 0 Å². The molecular formula is C20H22N4O. The maximum absolute atomic E-state index is 12.4. The van der Waals surface area contributed by atoms with Gasteiger partial charge < -0.3 is 10.2 Å². The molecule has 5 nitrogen and oxygen atoms in total. The molecule has 4 rings (SSSR count). The van der Waals surface area contributed by atoms with Gasteiger partial charge in [0.25, 0.3) is 0 Å². The monoisotopic (exact) mass is 334 g/mol. The molecule has 25 heavy (non-hydrogen) atoms. The van der Waals surface area contributed by atoms with Gasteiger partial charge in [-0.15, -0.1) is 0 Å². The summed E-state index contributed by atoms with van der Waals surface area (Å²) in [7, 11) is 3.70. The van der Waals surface area contributed by atoms with Crippen molar-refractivity contribution < 1.29 is 4.79 Å². The highest BCUT2D eigenvalue weighted by atomic mass is 16.2. The van der Waals surface area contributed by atoms with E-state index in [2.05, 4.69) is 40.7 Å². The molecule has 0 saturated carbocycles. The molecule has 128 valence electrons. The Labute approximate surface area is 147 Å². The van der Waals surface area contributed by atoms with Crippen LogP contribution in [0.15, 0.2) is 42.7 Å². The van der Waals surface area contributed by atoms with Gasteiger partial charge in [-0.05, 0) is 35.4 Å². The molecule has 3 aromatic rings. The van der Waals surface area contributed by atoms with Gasteiger partial charge >= 0.3 is 0 Å². The van der Waals surface area contributed by atoms with Crippen LogP contribution in [-0.2, 0) is 31.2 Å². The Morgan fingerprint density at radius 2 is 2.04 bits per heavy atom. The minimum Gasteiger partial charge on any atom is -0.376 e. The van der Waals surface area contributed by atoms with E-state index < -0.39 is 0 Å². The molecule has 1 aromatic heterocycles. The maximum atomic E-state index is 12.4. The fraction of sp³-hybridized carbons (Fsp3) is 0.300. The number of anilines is 1. The second kappa shape index (κ2) is 6.24. The number of hydrogen-bond acceptors (Lipinski definition) is 3. The number of nitrogens with zero attached hydrogens (tertiary/aromatic N) is 3. The molecule has 0 saturated heterocycles. The van der Waals surface area contributed by atoms with Crippen molar-refractivity contribution in [3.05, 3.63) is 59.4 Å². The molecule has 0 atom stereocenters. The lowest BCUT2D eigenvalue weighted by molar-refractivity contribution is -0.128. The van der Waals surface area contributed by atoms with Crippen molar-refractivity contribution in [1.29, 1.82) is 0 Å². The molecule has 0 aliphatic heterocycles. The lowest BCUT2D eigenvalue weighted by atomic mass is 10.0. The number of rotatable bonds is 5. The van der Waals surface area contributed by atoms with E-state index in [4.69, 9.17) is 0 Å². The normalized spacial score (nSPS) is 12.6. The number of amides is 1. The van der Waals surface area contributed by atoms with Crippen molar-refractivity contribution in [2.45, 2.75) is 19.4 Å². The van der Waals surface area contributed by atoms with Crippen LogP contribution in [-0.4, -0.2) is 34.2 Å². The van der Waals surface area contributed by atoms with Crippen LogP contribution in [0, 0.1) is 0 Å². The summed E-state index contributed by atoms with van der Waals surface area (Å²) in [5, 5.41) is 10.1. The minimum atomic E-state index is 0.0621. The number of likely N-dealkylation sites (N-methyl/N-ethyl adjacent to an activating group) is 1. The van der Waals surface area contributed by atoms with Crippen LogP contribution in [0.2, 0.25) is 0 Å². The molecule has 0 spiro atoms. The first kappa shape index (κ1) is 15.7. The number of hydrogen-bond donors (Lipinski definition) is 1. The first-order valence-electron chi connectivity index (χ1n) is 8.60. The van der Waals surface area contributed by atoms with Crippen molar-refractivity contribution in [2.24, 2.45) is 7.05 Å². The van der Waals surface area contributed by atoms with E-state index in [0.29, 0.717) is 6.54 Å². The van der Waals surface area contributed by atoms with Crippen molar-refractivity contribution in [3.63, 3.8) is 0 Å². The van der Waals surface area contributed by atoms with Crippen LogP contribution < -0.4 is 5.32 Å². The minimum absolute atomic E-state index is 0.0621. The van der Waals surface area contributed by atoms with Gasteiger partial charge in [0.15, 0.2) is 0 Å². The Balaban J connectivity index is 1.46. The third kappa shape index (κ3) is 2.97. The standard InChI is InChI=1S/C20H22N4O/c1-23(12-14-10-22-24(2)13-14)19(25)11-21-18-9-8-16-7-6-15-4-3-5-17(18)20(15)16/h3-5,8-10,13,21H,6-7,11-12H2,1-2H3. The predicted octanol–water partition coefficient (Wildman–Crippen LogP) is 2.74.